The van der Waals surface area contributed by atoms with Crippen molar-refractivity contribution in [3.05, 3.63) is 65.2 Å². The van der Waals surface area contributed by atoms with Crippen LogP contribution in [0.15, 0.2) is 48.5 Å². The van der Waals surface area contributed by atoms with Crippen LogP contribution in [0.25, 0.3) is 6.08 Å². The predicted octanol–water partition coefficient (Wildman–Crippen LogP) is 2.75. The molecule has 5 nitrogen and oxygen atoms in total. The van der Waals surface area contributed by atoms with E-state index in [0.717, 1.165) is 11.1 Å². The van der Waals surface area contributed by atoms with Crippen LogP contribution in [0, 0.1) is 6.92 Å². The highest BCUT2D eigenvalue weighted by Gasteiger charge is 2.03. The van der Waals surface area contributed by atoms with E-state index in [1.54, 1.807) is 37.5 Å². The van der Waals surface area contributed by atoms with E-state index in [4.69, 9.17) is 10.5 Å². The van der Waals surface area contributed by atoms with Crippen molar-refractivity contribution in [1.29, 1.82) is 0 Å². The van der Waals surface area contributed by atoms with E-state index < -0.39 is 5.91 Å². The number of benzene rings is 2. The van der Waals surface area contributed by atoms with Gasteiger partial charge in [-0.3, -0.25) is 9.59 Å². The molecule has 2 rings (SSSR count). The van der Waals surface area contributed by atoms with Crippen LogP contribution in [0.4, 0.5) is 5.69 Å². The standard InChI is InChI=1S/C18H18N2O3/c1-12-3-9-16(23-2)14(11-12)6-10-17(21)20-15-7-4-13(5-8-15)18(19)22/h3-11H,1-2H3,(H2,19,22)(H,20,21)/b10-6+. The SMILES string of the molecule is COc1ccc(C)cc1/C=C/C(=O)Nc1ccc(C(N)=O)cc1. The Balaban J connectivity index is 2.07. The zero-order valence-corrected chi connectivity index (χ0v) is 13.0. The summed E-state index contributed by atoms with van der Waals surface area (Å²) < 4.78 is 5.26. The van der Waals surface area contributed by atoms with Crippen LogP contribution in [0.1, 0.15) is 21.5 Å². The molecule has 2 aromatic rings. The highest BCUT2D eigenvalue weighted by molar-refractivity contribution is 6.02. The average Bonchev–Trinajstić information content (AvgIpc) is 2.53. The first kappa shape index (κ1) is 16.3. The lowest BCUT2D eigenvalue weighted by Crippen LogP contribution is -2.11. The van der Waals surface area contributed by atoms with Crippen molar-refractivity contribution in [2.24, 2.45) is 5.73 Å². The van der Waals surface area contributed by atoms with Gasteiger partial charge in [-0.25, -0.2) is 0 Å². The molecule has 0 saturated heterocycles. The Morgan fingerprint density at radius 3 is 2.43 bits per heavy atom. The molecule has 0 aromatic heterocycles. The van der Waals surface area contributed by atoms with Gasteiger partial charge in [0.25, 0.3) is 0 Å². The van der Waals surface area contributed by atoms with E-state index in [0.29, 0.717) is 17.0 Å². The smallest absolute Gasteiger partial charge is 0.248 e. The van der Waals surface area contributed by atoms with Gasteiger partial charge in [0.2, 0.25) is 11.8 Å². The first-order valence-corrected chi connectivity index (χ1v) is 7.03. The molecular weight excluding hydrogens is 292 g/mol. The van der Waals surface area contributed by atoms with Gasteiger partial charge in [0.1, 0.15) is 5.75 Å². The topological polar surface area (TPSA) is 81.4 Å². The summed E-state index contributed by atoms with van der Waals surface area (Å²) in [4.78, 5) is 23.0. The highest BCUT2D eigenvalue weighted by atomic mass is 16.5. The Kier molecular flexibility index (Phi) is 5.15. The Labute approximate surface area is 134 Å². The Bertz CT molecular complexity index is 749. The van der Waals surface area contributed by atoms with Gasteiger partial charge in [0.15, 0.2) is 0 Å². The Hall–Kier alpha value is -3.08. The van der Waals surface area contributed by atoms with E-state index in [1.165, 1.54) is 6.08 Å². The number of primary amides is 1. The molecular formula is C18H18N2O3. The van der Waals surface area contributed by atoms with Gasteiger partial charge in [0, 0.05) is 22.9 Å². The summed E-state index contributed by atoms with van der Waals surface area (Å²) in [7, 11) is 1.59. The van der Waals surface area contributed by atoms with E-state index in [-0.39, 0.29) is 5.91 Å². The fraction of sp³-hybridized carbons (Fsp3) is 0.111. The Morgan fingerprint density at radius 2 is 1.83 bits per heavy atom. The predicted molar refractivity (Wildman–Crippen MR) is 90.4 cm³/mol. The number of ether oxygens (including phenoxy) is 1. The van der Waals surface area contributed by atoms with Gasteiger partial charge in [-0.15, -0.1) is 0 Å². The fourth-order valence-electron chi connectivity index (χ4n) is 2.05. The van der Waals surface area contributed by atoms with Crippen molar-refractivity contribution in [2.75, 3.05) is 12.4 Å². The molecule has 0 radical (unpaired) electrons. The van der Waals surface area contributed by atoms with Crippen LogP contribution in [0.2, 0.25) is 0 Å². The maximum atomic E-state index is 12.0. The number of amides is 2. The molecule has 23 heavy (non-hydrogen) atoms. The van der Waals surface area contributed by atoms with Crippen LogP contribution in [0.3, 0.4) is 0 Å². The molecule has 0 fully saturated rings. The molecule has 0 aliphatic heterocycles. The maximum absolute atomic E-state index is 12.0. The zero-order valence-electron chi connectivity index (χ0n) is 13.0. The molecule has 2 amide bonds. The van der Waals surface area contributed by atoms with E-state index in [2.05, 4.69) is 5.32 Å². The van der Waals surface area contributed by atoms with Gasteiger partial charge in [-0.2, -0.15) is 0 Å². The average molecular weight is 310 g/mol. The van der Waals surface area contributed by atoms with E-state index in [1.807, 2.05) is 25.1 Å². The Morgan fingerprint density at radius 1 is 1.13 bits per heavy atom. The lowest BCUT2D eigenvalue weighted by Gasteiger charge is -2.06. The van der Waals surface area contributed by atoms with Crippen molar-refractivity contribution in [2.45, 2.75) is 6.92 Å². The summed E-state index contributed by atoms with van der Waals surface area (Å²) in [5, 5.41) is 2.71. The zero-order chi connectivity index (χ0) is 16.8. The van der Waals surface area contributed by atoms with Gasteiger partial charge < -0.3 is 15.8 Å². The first-order chi connectivity index (χ1) is 11.0. The molecule has 0 unspecified atom stereocenters. The summed E-state index contributed by atoms with van der Waals surface area (Å²) in [6, 6.07) is 12.1. The highest BCUT2D eigenvalue weighted by Crippen LogP contribution is 2.21. The molecule has 0 saturated carbocycles. The second-order valence-corrected chi connectivity index (χ2v) is 5.01. The van der Waals surface area contributed by atoms with E-state index >= 15 is 0 Å². The maximum Gasteiger partial charge on any atom is 0.248 e. The normalized spacial score (nSPS) is 10.5. The van der Waals surface area contributed by atoms with Gasteiger partial charge in [-0.05, 0) is 49.4 Å². The van der Waals surface area contributed by atoms with Crippen molar-refractivity contribution >= 4 is 23.6 Å². The largest absolute Gasteiger partial charge is 0.496 e. The third-order valence-electron chi connectivity index (χ3n) is 3.24. The molecule has 3 N–H and O–H groups in total. The number of anilines is 1. The number of carbonyl (C=O) groups is 2. The van der Waals surface area contributed by atoms with Crippen LogP contribution in [-0.2, 0) is 4.79 Å². The lowest BCUT2D eigenvalue weighted by molar-refractivity contribution is -0.111. The number of nitrogens with two attached hydrogens (primary N) is 1. The number of aryl methyl sites for hydroxylation is 1. The number of nitrogens with one attached hydrogen (secondary N) is 1. The summed E-state index contributed by atoms with van der Waals surface area (Å²) >= 11 is 0. The number of rotatable bonds is 5. The lowest BCUT2D eigenvalue weighted by atomic mass is 10.1. The number of hydrogen-bond acceptors (Lipinski definition) is 3. The fourth-order valence-corrected chi connectivity index (χ4v) is 2.05. The molecule has 0 aliphatic carbocycles. The van der Waals surface area contributed by atoms with Gasteiger partial charge >= 0.3 is 0 Å². The molecule has 0 aliphatic rings. The molecule has 5 heteroatoms. The molecule has 118 valence electrons. The summed E-state index contributed by atoms with van der Waals surface area (Å²) in [5.74, 6) is -0.0832. The number of methoxy groups -OCH3 is 1. The molecule has 0 spiro atoms. The minimum absolute atomic E-state index is 0.277. The third-order valence-corrected chi connectivity index (χ3v) is 3.24. The van der Waals surface area contributed by atoms with Crippen LogP contribution in [0.5, 0.6) is 5.75 Å². The monoisotopic (exact) mass is 310 g/mol. The summed E-state index contributed by atoms with van der Waals surface area (Å²) in [6.45, 7) is 1.97. The minimum Gasteiger partial charge on any atom is -0.496 e. The van der Waals surface area contributed by atoms with Crippen LogP contribution in [-0.4, -0.2) is 18.9 Å². The van der Waals surface area contributed by atoms with Crippen LogP contribution < -0.4 is 15.8 Å². The molecule has 0 atom stereocenters. The van der Waals surface area contributed by atoms with Crippen LogP contribution >= 0.6 is 0 Å². The second kappa shape index (κ2) is 7.26. The van der Waals surface area contributed by atoms with Crippen molar-refractivity contribution in [1.82, 2.24) is 0 Å². The molecule has 0 bridgehead atoms. The van der Waals surface area contributed by atoms with E-state index in [9.17, 15) is 9.59 Å². The third kappa shape index (κ3) is 4.44. The quantitative estimate of drug-likeness (QED) is 0.833. The summed E-state index contributed by atoms with van der Waals surface area (Å²) in [6.07, 6.45) is 3.12. The number of hydrogen-bond donors (Lipinski definition) is 2. The first-order valence-electron chi connectivity index (χ1n) is 7.03. The summed E-state index contributed by atoms with van der Waals surface area (Å²) in [5.41, 5.74) is 8.05. The molecule has 2 aromatic carbocycles. The number of carbonyl (C=O) groups excluding carboxylic acids is 2. The van der Waals surface area contributed by atoms with Crippen molar-refractivity contribution in [3.63, 3.8) is 0 Å². The van der Waals surface area contributed by atoms with Gasteiger partial charge in [0.05, 0.1) is 7.11 Å². The second-order valence-electron chi connectivity index (χ2n) is 5.01. The minimum atomic E-state index is -0.505. The van der Waals surface area contributed by atoms with Crippen molar-refractivity contribution < 1.29 is 14.3 Å². The van der Waals surface area contributed by atoms with Gasteiger partial charge in [-0.1, -0.05) is 11.6 Å². The molecule has 0 heterocycles. The van der Waals surface area contributed by atoms with Crippen molar-refractivity contribution in [3.8, 4) is 5.75 Å².